The zero-order chi connectivity index (χ0) is 11.7. The molecule has 0 N–H and O–H groups in total. The summed E-state index contributed by atoms with van der Waals surface area (Å²) >= 11 is 0. The largest absolute Gasteiger partial charge is 0.502 e. The van der Waals surface area contributed by atoms with Gasteiger partial charge in [-0.25, -0.2) is 0 Å². The van der Waals surface area contributed by atoms with Crippen LogP contribution in [0.3, 0.4) is 0 Å². The molecule has 4 nitrogen and oxygen atoms in total. The van der Waals surface area contributed by atoms with Gasteiger partial charge in [-0.2, -0.15) is 5.10 Å². The van der Waals surface area contributed by atoms with Crippen molar-refractivity contribution < 1.29 is 9.53 Å². The second kappa shape index (κ2) is 7.79. The Kier molecular flexibility index (Phi) is 6.97. The van der Waals surface area contributed by atoms with Gasteiger partial charge in [0.2, 0.25) is 0 Å². The molecule has 1 aromatic heterocycles. The van der Waals surface area contributed by atoms with E-state index in [1.807, 2.05) is 13.8 Å². The predicted octanol–water partition coefficient (Wildman–Crippen LogP) is 2.18. The zero-order valence-corrected chi connectivity index (χ0v) is 9.56. The Bertz CT molecular complexity index is 305. The van der Waals surface area contributed by atoms with E-state index in [0.29, 0.717) is 12.1 Å². The minimum Gasteiger partial charge on any atom is -0.502 e. The number of ketones is 1. The van der Waals surface area contributed by atoms with Crippen molar-refractivity contribution in [2.24, 2.45) is 7.05 Å². The van der Waals surface area contributed by atoms with Crippen molar-refractivity contribution in [1.29, 1.82) is 0 Å². The topological polar surface area (TPSA) is 44.1 Å². The summed E-state index contributed by atoms with van der Waals surface area (Å²) in [5.74, 6) is 0.0978. The monoisotopic (exact) mass is 210 g/mol. The number of carbonyl (C=O) groups is 1. The molecule has 0 unspecified atom stereocenters. The number of rotatable bonds is 4. The summed E-state index contributed by atoms with van der Waals surface area (Å²) in [7, 11) is 1.80. The first kappa shape index (κ1) is 13.4. The maximum absolute atomic E-state index is 11.0. The van der Waals surface area contributed by atoms with Crippen LogP contribution in [0, 0.1) is 0 Å². The molecule has 1 aromatic rings. The molecule has 0 saturated heterocycles. The molecule has 4 heteroatoms. The van der Waals surface area contributed by atoms with Crippen LogP contribution in [0.15, 0.2) is 25.1 Å². The van der Waals surface area contributed by atoms with Gasteiger partial charge in [-0.1, -0.05) is 13.5 Å². The van der Waals surface area contributed by atoms with Crippen molar-refractivity contribution in [2.75, 3.05) is 6.61 Å². The van der Waals surface area contributed by atoms with Gasteiger partial charge in [0.1, 0.15) is 5.69 Å². The molecule has 0 fully saturated rings. The van der Waals surface area contributed by atoms with Crippen molar-refractivity contribution in [3.63, 3.8) is 0 Å². The molecule has 0 aliphatic heterocycles. The highest BCUT2D eigenvalue weighted by atomic mass is 16.5. The van der Waals surface area contributed by atoms with Gasteiger partial charge in [-0.15, -0.1) is 0 Å². The van der Waals surface area contributed by atoms with E-state index in [1.54, 1.807) is 24.0 Å². The van der Waals surface area contributed by atoms with Crippen molar-refractivity contribution in [3.8, 4) is 0 Å². The minimum atomic E-state index is 0.0978. The summed E-state index contributed by atoms with van der Waals surface area (Å²) in [6.45, 7) is 7.80. The van der Waals surface area contributed by atoms with Crippen LogP contribution in [0.1, 0.15) is 30.8 Å². The van der Waals surface area contributed by atoms with Gasteiger partial charge in [-0.3, -0.25) is 9.48 Å². The zero-order valence-electron chi connectivity index (χ0n) is 9.56. The first-order chi connectivity index (χ1) is 7.15. The van der Waals surface area contributed by atoms with Gasteiger partial charge in [0.25, 0.3) is 0 Å². The number of hydrogen-bond donors (Lipinski definition) is 0. The molecule has 0 saturated carbocycles. The molecule has 0 atom stereocenters. The van der Waals surface area contributed by atoms with Crippen molar-refractivity contribution >= 4 is 5.78 Å². The second-order valence-electron chi connectivity index (χ2n) is 2.77. The first-order valence-electron chi connectivity index (χ1n) is 4.91. The fraction of sp³-hybridized carbons (Fsp3) is 0.455. The fourth-order valence-electron chi connectivity index (χ4n) is 0.863. The van der Waals surface area contributed by atoms with Crippen LogP contribution in [0.2, 0.25) is 0 Å². The average Bonchev–Trinajstić information content (AvgIpc) is 2.66. The molecule has 1 heterocycles. The predicted molar refractivity (Wildman–Crippen MR) is 59.7 cm³/mol. The van der Waals surface area contributed by atoms with Crippen molar-refractivity contribution in [3.05, 3.63) is 30.8 Å². The van der Waals surface area contributed by atoms with Crippen LogP contribution in [0.25, 0.3) is 0 Å². The summed E-state index contributed by atoms with van der Waals surface area (Å²) in [6, 6.07) is 1.73. The lowest BCUT2D eigenvalue weighted by Crippen LogP contribution is -1.98. The summed E-state index contributed by atoms with van der Waals surface area (Å²) < 4.78 is 6.23. The molecule has 15 heavy (non-hydrogen) atoms. The number of nitrogens with zero attached hydrogens (tertiary/aromatic N) is 2. The molecule has 84 valence electrons. The molecule has 0 bridgehead atoms. The Morgan fingerprint density at radius 2 is 2.33 bits per heavy atom. The third-order valence-electron chi connectivity index (χ3n) is 1.60. The smallest absolute Gasteiger partial charge is 0.182 e. The van der Waals surface area contributed by atoms with Gasteiger partial charge in [-0.05, 0) is 13.0 Å². The van der Waals surface area contributed by atoms with Gasteiger partial charge in [0, 0.05) is 19.7 Å². The Morgan fingerprint density at radius 3 is 2.60 bits per heavy atom. The lowest BCUT2D eigenvalue weighted by molar-refractivity contribution is 0.0982. The standard InChI is InChI=1S/C7H10N2O.C4H8O/c1-3-7(10)6-4-5-9(2)8-6;1-3-5-4-2/h4-5H,3H2,1-2H3;3H,1,4H2,2H3. The molecule has 0 aromatic carbocycles. The van der Waals surface area contributed by atoms with E-state index in [-0.39, 0.29) is 5.78 Å². The van der Waals surface area contributed by atoms with E-state index in [0.717, 1.165) is 6.61 Å². The fourth-order valence-corrected chi connectivity index (χ4v) is 0.863. The molecular formula is C11H18N2O2. The molecular weight excluding hydrogens is 192 g/mol. The highest BCUT2D eigenvalue weighted by Crippen LogP contribution is 1.97. The van der Waals surface area contributed by atoms with Crippen LogP contribution in [0.4, 0.5) is 0 Å². The van der Waals surface area contributed by atoms with E-state index < -0.39 is 0 Å². The van der Waals surface area contributed by atoms with Gasteiger partial charge in [0.05, 0.1) is 12.9 Å². The Balaban J connectivity index is 0.000000336. The van der Waals surface area contributed by atoms with Crippen molar-refractivity contribution in [1.82, 2.24) is 9.78 Å². The number of ether oxygens (including phenoxy) is 1. The van der Waals surface area contributed by atoms with Crippen LogP contribution < -0.4 is 0 Å². The van der Waals surface area contributed by atoms with Gasteiger partial charge >= 0.3 is 0 Å². The Hall–Kier alpha value is -1.58. The van der Waals surface area contributed by atoms with Gasteiger partial charge in [0.15, 0.2) is 5.78 Å². The molecule has 0 aliphatic carbocycles. The summed E-state index contributed by atoms with van der Waals surface area (Å²) in [5.41, 5.74) is 0.560. The maximum atomic E-state index is 11.0. The van der Waals surface area contributed by atoms with Crippen LogP contribution in [-0.4, -0.2) is 22.2 Å². The van der Waals surface area contributed by atoms with E-state index in [2.05, 4.69) is 16.4 Å². The molecule has 1 rings (SSSR count). The molecule has 0 aliphatic rings. The second-order valence-corrected chi connectivity index (χ2v) is 2.77. The van der Waals surface area contributed by atoms with Crippen LogP contribution >= 0.6 is 0 Å². The van der Waals surface area contributed by atoms with Crippen LogP contribution in [-0.2, 0) is 11.8 Å². The van der Waals surface area contributed by atoms with E-state index in [1.165, 1.54) is 6.26 Å². The van der Waals surface area contributed by atoms with E-state index >= 15 is 0 Å². The number of carbonyl (C=O) groups excluding carboxylic acids is 1. The van der Waals surface area contributed by atoms with Crippen molar-refractivity contribution in [2.45, 2.75) is 20.3 Å². The first-order valence-corrected chi connectivity index (χ1v) is 4.91. The SMILES string of the molecule is C=COCC.CCC(=O)c1ccn(C)n1. The molecule has 0 spiro atoms. The summed E-state index contributed by atoms with van der Waals surface area (Å²) in [6.07, 6.45) is 3.72. The number of hydrogen-bond acceptors (Lipinski definition) is 3. The lowest BCUT2D eigenvalue weighted by Gasteiger charge is -1.87. The number of aryl methyl sites for hydroxylation is 1. The minimum absolute atomic E-state index is 0.0978. The highest BCUT2D eigenvalue weighted by molar-refractivity contribution is 5.93. The maximum Gasteiger partial charge on any atom is 0.182 e. The van der Waals surface area contributed by atoms with E-state index in [9.17, 15) is 4.79 Å². The third-order valence-corrected chi connectivity index (χ3v) is 1.60. The normalized spacial score (nSPS) is 8.73. The quantitative estimate of drug-likeness (QED) is 0.565. The van der Waals surface area contributed by atoms with Gasteiger partial charge < -0.3 is 4.74 Å². The Morgan fingerprint density at radius 1 is 1.67 bits per heavy atom. The lowest BCUT2D eigenvalue weighted by atomic mass is 10.2. The third kappa shape index (κ3) is 5.67. The van der Waals surface area contributed by atoms with E-state index in [4.69, 9.17) is 0 Å². The molecule has 0 amide bonds. The highest BCUT2D eigenvalue weighted by Gasteiger charge is 2.04. The molecule has 0 radical (unpaired) electrons. The Labute approximate surface area is 90.5 Å². The van der Waals surface area contributed by atoms with Crippen LogP contribution in [0.5, 0.6) is 0 Å². The average molecular weight is 210 g/mol. The summed E-state index contributed by atoms with van der Waals surface area (Å²) in [5, 5.41) is 3.95. The number of Topliss-reactive ketones (excluding diaryl/α,β-unsaturated/α-hetero) is 1. The number of aromatic nitrogens is 2. The summed E-state index contributed by atoms with van der Waals surface area (Å²) in [4.78, 5) is 11.0.